The lowest BCUT2D eigenvalue weighted by molar-refractivity contribution is 0.0259. The number of ether oxygens (including phenoxy) is 2. The molecule has 1 aliphatic heterocycles. The van der Waals surface area contributed by atoms with Crippen molar-refractivity contribution in [2.45, 2.75) is 0 Å². The second kappa shape index (κ2) is 7.14. The van der Waals surface area contributed by atoms with E-state index >= 15 is 0 Å². The third-order valence-electron chi connectivity index (χ3n) is 2.95. The highest BCUT2D eigenvalue weighted by Crippen LogP contribution is 2.21. The maximum atomic E-state index is 12.0. The van der Waals surface area contributed by atoms with Crippen molar-refractivity contribution < 1.29 is 24.2 Å². The molecule has 0 atom stereocenters. The molecule has 2 amide bonds. The van der Waals surface area contributed by atoms with Crippen LogP contribution in [0.5, 0.6) is 0 Å². The Balaban J connectivity index is 1.75. The number of carbonyl (C=O) groups excluding carboxylic acids is 2. The molecular formula is C14H17NO5. The minimum atomic E-state index is -0.272. The molecule has 0 saturated heterocycles. The molecule has 6 nitrogen and oxygen atoms in total. The van der Waals surface area contributed by atoms with Crippen LogP contribution in [0.15, 0.2) is 24.3 Å². The van der Waals surface area contributed by atoms with Crippen LogP contribution in [0.3, 0.4) is 0 Å². The number of aliphatic hydroxyl groups excluding tert-OH is 1. The molecule has 0 spiro atoms. The van der Waals surface area contributed by atoms with Crippen LogP contribution in [-0.2, 0) is 9.47 Å². The van der Waals surface area contributed by atoms with E-state index in [0.717, 1.165) is 0 Å². The van der Waals surface area contributed by atoms with E-state index in [2.05, 4.69) is 0 Å². The zero-order valence-corrected chi connectivity index (χ0v) is 11.1. The summed E-state index contributed by atoms with van der Waals surface area (Å²) in [4.78, 5) is 25.2. The number of fused-ring (bicyclic) bond motifs is 1. The van der Waals surface area contributed by atoms with E-state index in [9.17, 15) is 9.59 Å². The third-order valence-corrected chi connectivity index (χ3v) is 2.95. The van der Waals surface area contributed by atoms with Crippen LogP contribution in [0.1, 0.15) is 20.7 Å². The normalized spacial score (nSPS) is 13.9. The van der Waals surface area contributed by atoms with Crippen LogP contribution in [0.25, 0.3) is 0 Å². The van der Waals surface area contributed by atoms with E-state index in [0.29, 0.717) is 24.3 Å². The summed E-state index contributed by atoms with van der Waals surface area (Å²) in [5, 5.41) is 8.51. The Labute approximate surface area is 116 Å². The second-order valence-electron chi connectivity index (χ2n) is 4.26. The van der Waals surface area contributed by atoms with Gasteiger partial charge in [-0.2, -0.15) is 0 Å². The molecule has 1 heterocycles. The topological polar surface area (TPSA) is 76.1 Å². The minimum absolute atomic E-state index is 0.0188. The second-order valence-corrected chi connectivity index (χ2v) is 4.26. The number of rotatable bonds is 8. The largest absolute Gasteiger partial charge is 0.394 e. The van der Waals surface area contributed by atoms with Gasteiger partial charge >= 0.3 is 0 Å². The molecule has 0 saturated carbocycles. The summed E-state index contributed by atoms with van der Waals surface area (Å²) in [7, 11) is 0. The molecular weight excluding hydrogens is 262 g/mol. The van der Waals surface area contributed by atoms with Crippen molar-refractivity contribution in [3.63, 3.8) is 0 Å². The first-order valence-electron chi connectivity index (χ1n) is 6.47. The monoisotopic (exact) mass is 279 g/mol. The highest BCUT2D eigenvalue weighted by Gasteiger charge is 2.34. The van der Waals surface area contributed by atoms with Gasteiger partial charge in [0.15, 0.2) is 0 Å². The van der Waals surface area contributed by atoms with Gasteiger partial charge in [-0.1, -0.05) is 12.1 Å². The van der Waals surface area contributed by atoms with Gasteiger partial charge in [0.1, 0.15) is 0 Å². The fourth-order valence-corrected chi connectivity index (χ4v) is 1.98. The van der Waals surface area contributed by atoms with Crippen molar-refractivity contribution in [3.05, 3.63) is 35.4 Å². The highest BCUT2D eigenvalue weighted by atomic mass is 16.5. The Hall–Kier alpha value is -1.76. The molecule has 0 aromatic heterocycles. The molecule has 6 heteroatoms. The van der Waals surface area contributed by atoms with Crippen LogP contribution in [0, 0.1) is 0 Å². The highest BCUT2D eigenvalue weighted by molar-refractivity contribution is 6.21. The van der Waals surface area contributed by atoms with Crippen LogP contribution in [-0.4, -0.2) is 61.4 Å². The molecule has 1 aliphatic rings. The maximum Gasteiger partial charge on any atom is 0.261 e. The molecule has 1 aromatic rings. The zero-order valence-electron chi connectivity index (χ0n) is 11.1. The van der Waals surface area contributed by atoms with Crippen molar-refractivity contribution in [3.8, 4) is 0 Å². The van der Waals surface area contributed by atoms with Gasteiger partial charge in [0.25, 0.3) is 11.8 Å². The average Bonchev–Trinajstić information content (AvgIpc) is 2.71. The summed E-state index contributed by atoms with van der Waals surface area (Å²) < 4.78 is 10.3. The summed E-state index contributed by atoms with van der Waals surface area (Å²) >= 11 is 0. The van der Waals surface area contributed by atoms with Gasteiger partial charge in [0.05, 0.1) is 50.7 Å². The first-order chi connectivity index (χ1) is 9.75. The Morgan fingerprint density at radius 1 is 0.900 bits per heavy atom. The molecule has 0 radical (unpaired) electrons. The average molecular weight is 279 g/mol. The van der Waals surface area contributed by atoms with E-state index in [1.54, 1.807) is 24.3 Å². The minimum Gasteiger partial charge on any atom is -0.394 e. The number of carbonyl (C=O) groups is 2. The number of aliphatic hydroxyl groups is 1. The Morgan fingerprint density at radius 2 is 1.45 bits per heavy atom. The van der Waals surface area contributed by atoms with E-state index in [1.165, 1.54) is 4.90 Å². The Morgan fingerprint density at radius 3 is 2.00 bits per heavy atom. The van der Waals surface area contributed by atoms with Gasteiger partial charge in [-0.3, -0.25) is 14.5 Å². The smallest absolute Gasteiger partial charge is 0.261 e. The number of benzene rings is 1. The van der Waals surface area contributed by atoms with Crippen LogP contribution >= 0.6 is 0 Å². The zero-order chi connectivity index (χ0) is 14.4. The number of hydrogen-bond donors (Lipinski definition) is 1. The van der Waals surface area contributed by atoms with Crippen molar-refractivity contribution >= 4 is 11.8 Å². The van der Waals surface area contributed by atoms with Crippen molar-refractivity contribution in [1.82, 2.24) is 4.90 Å². The summed E-state index contributed by atoms with van der Waals surface area (Å²) in [5.74, 6) is -0.545. The lowest BCUT2D eigenvalue weighted by Gasteiger charge is -2.13. The van der Waals surface area contributed by atoms with E-state index in [-0.39, 0.29) is 38.2 Å². The van der Waals surface area contributed by atoms with Crippen molar-refractivity contribution in [2.24, 2.45) is 0 Å². The molecule has 108 valence electrons. The van der Waals surface area contributed by atoms with Gasteiger partial charge in [-0.05, 0) is 12.1 Å². The molecule has 0 fully saturated rings. The van der Waals surface area contributed by atoms with Crippen LogP contribution in [0.2, 0.25) is 0 Å². The van der Waals surface area contributed by atoms with Crippen molar-refractivity contribution in [2.75, 3.05) is 39.6 Å². The van der Waals surface area contributed by atoms with Gasteiger partial charge in [0.2, 0.25) is 0 Å². The fraction of sp³-hybridized carbons (Fsp3) is 0.429. The summed E-state index contributed by atoms with van der Waals surface area (Å²) in [6.45, 7) is 1.50. The molecule has 0 bridgehead atoms. The predicted molar refractivity (Wildman–Crippen MR) is 70.5 cm³/mol. The number of imide groups is 1. The standard InChI is InChI=1S/C14H17NO5/c16-6-8-20-10-9-19-7-5-15-13(17)11-3-1-2-4-12(11)14(15)18/h1-4,16H,5-10H2. The third kappa shape index (κ3) is 3.22. The first kappa shape index (κ1) is 14.6. The quantitative estimate of drug-likeness (QED) is 0.547. The van der Waals surface area contributed by atoms with E-state index in [1.807, 2.05) is 0 Å². The van der Waals surface area contributed by atoms with E-state index in [4.69, 9.17) is 14.6 Å². The maximum absolute atomic E-state index is 12.0. The molecule has 0 unspecified atom stereocenters. The molecule has 2 rings (SSSR count). The molecule has 1 aromatic carbocycles. The van der Waals surface area contributed by atoms with Gasteiger partial charge in [-0.15, -0.1) is 0 Å². The molecule has 20 heavy (non-hydrogen) atoms. The summed E-state index contributed by atoms with van der Waals surface area (Å²) in [6.07, 6.45) is 0. The predicted octanol–water partition coefficient (Wildman–Crippen LogP) is 0.308. The SMILES string of the molecule is O=C1c2ccccc2C(=O)N1CCOCCOCCO. The molecule has 0 aliphatic carbocycles. The van der Waals surface area contributed by atoms with Crippen LogP contribution in [0.4, 0.5) is 0 Å². The van der Waals surface area contributed by atoms with Gasteiger partial charge < -0.3 is 14.6 Å². The fourth-order valence-electron chi connectivity index (χ4n) is 1.98. The molecule has 1 N–H and O–H groups in total. The summed E-state index contributed by atoms with van der Waals surface area (Å²) in [5.41, 5.74) is 0.896. The number of nitrogens with zero attached hydrogens (tertiary/aromatic N) is 1. The van der Waals surface area contributed by atoms with Gasteiger partial charge in [-0.25, -0.2) is 0 Å². The van der Waals surface area contributed by atoms with E-state index < -0.39 is 0 Å². The van der Waals surface area contributed by atoms with Crippen LogP contribution < -0.4 is 0 Å². The van der Waals surface area contributed by atoms with Crippen molar-refractivity contribution in [1.29, 1.82) is 0 Å². The number of amides is 2. The first-order valence-corrected chi connectivity index (χ1v) is 6.47. The Kier molecular flexibility index (Phi) is 5.23. The number of hydrogen-bond acceptors (Lipinski definition) is 5. The van der Waals surface area contributed by atoms with Gasteiger partial charge in [0, 0.05) is 0 Å². The Bertz CT molecular complexity index is 453. The lowest BCUT2D eigenvalue weighted by Crippen LogP contribution is -2.33. The lowest BCUT2D eigenvalue weighted by atomic mass is 10.1. The summed E-state index contributed by atoms with van der Waals surface area (Å²) in [6, 6.07) is 6.78.